The summed E-state index contributed by atoms with van der Waals surface area (Å²) in [6.07, 6.45) is 6.46. The van der Waals surface area contributed by atoms with Gasteiger partial charge in [0.25, 0.3) is 0 Å². The summed E-state index contributed by atoms with van der Waals surface area (Å²) in [6, 6.07) is 6.46. The average molecular weight is 516 g/mol. The maximum Gasteiger partial charge on any atom is 0.182 e. The predicted molar refractivity (Wildman–Crippen MR) is 149 cm³/mol. The minimum absolute atomic E-state index is 0.330. The van der Waals surface area contributed by atoms with Gasteiger partial charge in [-0.1, -0.05) is 25.2 Å². The van der Waals surface area contributed by atoms with Gasteiger partial charge in [-0.15, -0.1) is 0 Å². The van der Waals surface area contributed by atoms with Crippen molar-refractivity contribution in [3.63, 3.8) is 0 Å². The predicted octanol–water partition coefficient (Wildman–Crippen LogP) is 5.16. The van der Waals surface area contributed by atoms with Crippen molar-refractivity contribution in [1.82, 2.24) is 24.8 Å². The van der Waals surface area contributed by atoms with Crippen LogP contribution in [0.5, 0.6) is 5.75 Å². The summed E-state index contributed by atoms with van der Waals surface area (Å²) in [5, 5.41) is 0.539. The molecule has 0 radical (unpaired) electrons. The van der Waals surface area contributed by atoms with E-state index in [2.05, 4.69) is 58.7 Å². The maximum absolute atomic E-state index is 6.30. The Hall–Kier alpha value is -3.30. The monoisotopic (exact) mass is 515 g/mol. The third kappa shape index (κ3) is 4.85. The number of thiazole rings is 1. The molecule has 2 aliphatic heterocycles. The third-order valence-electron chi connectivity index (χ3n) is 7.25. The van der Waals surface area contributed by atoms with Gasteiger partial charge >= 0.3 is 0 Å². The number of hydrogen-bond acceptors (Lipinski definition) is 9. The van der Waals surface area contributed by atoms with Crippen molar-refractivity contribution in [1.29, 1.82) is 0 Å². The molecule has 37 heavy (non-hydrogen) atoms. The molecule has 1 aromatic carbocycles. The number of nitrogens with zero attached hydrogens (tertiary/aromatic N) is 6. The lowest BCUT2D eigenvalue weighted by Gasteiger charge is -2.26. The molecule has 0 unspecified atom stereocenters. The minimum Gasteiger partial charge on any atom is -0.491 e. The molecule has 0 atom stereocenters. The highest BCUT2D eigenvalue weighted by molar-refractivity contribution is 7.21. The first kappa shape index (κ1) is 24.1. The van der Waals surface area contributed by atoms with Crippen LogP contribution >= 0.6 is 11.3 Å². The summed E-state index contributed by atoms with van der Waals surface area (Å²) in [6.45, 7) is 11.7. The van der Waals surface area contributed by atoms with E-state index in [1.54, 1.807) is 0 Å². The molecule has 192 valence electrons. The van der Waals surface area contributed by atoms with Crippen molar-refractivity contribution in [2.24, 2.45) is 0 Å². The number of anilines is 2. The number of ether oxygens (including phenoxy) is 1. The summed E-state index contributed by atoms with van der Waals surface area (Å²) in [7, 11) is 0. The zero-order valence-corrected chi connectivity index (χ0v) is 22.5. The summed E-state index contributed by atoms with van der Waals surface area (Å²) >= 11 is 1.41. The van der Waals surface area contributed by atoms with Gasteiger partial charge in [0.2, 0.25) is 0 Å². The summed E-state index contributed by atoms with van der Waals surface area (Å²) in [4.78, 5) is 24.6. The van der Waals surface area contributed by atoms with Crippen LogP contribution in [0, 0.1) is 6.92 Å². The van der Waals surface area contributed by atoms with Crippen LogP contribution in [0.25, 0.3) is 21.5 Å². The number of benzene rings is 1. The lowest BCUT2D eigenvalue weighted by atomic mass is 9.99. The molecule has 2 aliphatic rings. The van der Waals surface area contributed by atoms with Crippen LogP contribution in [0.3, 0.4) is 0 Å². The van der Waals surface area contributed by atoms with E-state index in [-0.39, 0.29) is 0 Å². The molecule has 2 N–H and O–H groups in total. The fourth-order valence-corrected chi connectivity index (χ4v) is 6.01. The van der Waals surface area contributed by atoms with Gasteiger partial charge in [0.1, 0.15) is 34.3 Å². The minimum atomic E-state index is 0.330. The molecule has 3 aromatic heterocycles. The van der Waals surface area contributed by atoms with Gasteiger partial charge in [-0.3, -0.25) is 4.90 Å². The highest BCUT2D eigenvalue weighted by Gasteiger charge is 2.24. The van der Waals surface area contributed by atoms with Crippen LogP contribution in [0.1, 0.15) is 55.1 Å². The van der Waals surface area contributed by atoms with Gasteiger partial charge in [0, 0.05) is 35.6 Å². The number of nitrogen functional groups attached to an aromatic ring is 1. The Bertz CT molecular complexity index is 1440. The Balaban J connectivity index is 1.36. The van der Waals surface area contributed by atoms with E-state index in [1.807, 2.05) is 12.4 Å². The van der Waals surface area contributed by atoms with E-state index in [0.29, 0.717) is 17.7 Å². The average Bonchev–Trinajstić information content (AvgIpc) is 3.46. The van der Waals surface area contributed by atoms with Crippen LogP contribution in [0.4, 0.5) is 10.9 Å². The number of likely N-dealkylation sites (tertiary alicyclic amines) is 1. The Morgan fingerprint density at radius 3 is 2.68 bits per heavy atom. The van der Waals surface area contributed by atoms with E-state index in [1.165, 1.54) is 29.7 Å². The van der Waals surface area contributed by atoms with E-state index in [0.717, 1.165) is 82.7 Å². The third-order valence-corrected chi connectivity index (χ3v) is 8.06. The molecule has 0 amide bonds. The second kappa shape index (κ2) is 9.87. The molecule has 6 rings (SSSR count). The van der Waals surface area contributed by atoms with E-state index in [9.17, 15) is 0 Å². The molecular weight excluding hydrogens is 482 g/mol. The molecule has 1 saturated heterocycles. The topological polar surface area (TPSA) is 93.3 Å². The number of hydrogen-bond donors (Lipinski definition) is 1. The van der Waals surface area contributed by atoms with Crippen LogP contribution in [-0.2, 0) is 13.1 Å². The maximum atomic E-state index is 6.30. The van der Waals surface area contributed by atoms with Crippen LogP contribution in [0.15, 0.2) is 30.6 Å². The lowest BCUT2D eigenvalue weighted by Crippen LogP contribution is -2.29. The normalized spacial score (nSPS) is 16.3. The van der Waals surface area contributed by atoms with Crippen molar-refractivity contribution in [2.45, 2.75) is 52.6 Å². The number of nitrogens with two attached hydrogens (primary N) is 1. The van der Waals surface area contributed by atoms with Crippen molar-refractivity contribution in [3.05, 3.63) is 53.1 Å². The van der Waals surface area contributed by atoms with Crippen LogP contribution in [-0.4, -0.2) is 51.1 Å². The second-order valence-electron chi connectivity index (χ2n) is 10.4. The van der Waals surface area contributed by atoms with Crippen LogP contribution < -0.4 is 15.4 Å². The fraction of sp³-hybridized carbons (Fsp3) is 0.429. The molecule has 0 bridgehead atoms. The number of rotatable bonds is 5. The standard InChI is InChI=1S/C28H33N7OS/c1-17(2)22-14-30-24(16-34-6-4-5-7-34)33-26(22)35-8-9-36-25-18(3)10-19(11-21(25)15-35)20-12-23-27(31-13-20)37-28(29)32-23/h10-14,17H,4-9,15-16H2,1-3H3,(H2,29,32). The van der Waals surface area contributed by atoms with Crippen LogP contribution in [0.2, 0.25) is 0 Å². The van der Waals surface area contributed by atoms with E-state index in [4.69, 9.17) is 20.4 Å². The van der Waals surface area contributed by atoms with Crippen molar-refractivity contribution >= 4 is 32.6 Å². The number of aromatic nitrogens is 4. The quantitative estimate of drug-likeness (QED) is 0.390. The summed E-state index contributed by atoms with van der Waals surface area (Å²) in [5.41, 5.74) is 12.3. The van der Waals surface area contributed by atoms with Gasteiger partial charge in [-0.25, -0.2) is 19.9 Å². The first-order valence-corrected chi connectivity index (χ1v) is 13.9. The first-order chi connectivity index (χ1) is 17.9. The van der Waals surface area contributed by atoms with Gasteiger partial charge in [-0.05, 0) is 68.1 Å². The van der Waals surface area contributed by atoms with Crippen molar-refractivity contribution < 1.29 is 4.74 Å². The van der Waals surface area contributed by atoms with E-state index >= 15 is 0 Å². The number of pyridine rings is 1. The molecule has 9 heteroatoms. The zero-order valence-electron chi connectivity index (χ0n) is 21.7. The molecule has 1 fully saturated rings. The Kier molecular flexibility index (Phi) is 6.42. The largest absolute Gasteiger partial charge is 0.491 e. The zero-order chi connectivity index (χ0) is 25.5. The van der Waals surface area contributed by atoms with Crippen molar-refractivity contribution in [2.75, 3.05) is 36.9 Å². The Morgan fingerprint density at radius 2 is 1.86 bits per heavy atom. The van der Waals surface area contributed by atoms with Crippen molar-refractivity contribution in [3.8, 4) is 16.9 Å². The molecule has 8 nitrogen and oxygen atoms in total. The molecular formula is C28H33N7OS. The van der Waals surface area contributed by atoms with Gasteiger partial charge in [0.05, 0.1) is 13.1 Å². The lowest BCUT2D eigenvalue weighted by molar-refractivity contribution is 0.321. The SMILES string of the molecule is Cc1cc(-c2cnc3sc(N)nc3c2)cc2c1OCCN(c1nc(CN3CCCC3)ncc1C(C)C)C2. The Morgan fingerprint density at radius 1 is 1.03 bits per heavy atom. The first-order valence-electron chi connectivity index (χ1n) is 13.1. The highest BCUT2D eigenvalue weighted by atomic mass is 32.1. The number of aryl methyl sites for hydroxylation is 1. The molecule has 5 heterocycles. The second-order valence-corrected chi connectivity index (χ2v) is 11.4. The molecule has 0 saturated carbocycles. The van der Waals surface area contributed by atoms with Gasteiger partial charge in [0.15, 0.2) is 5.13 Å². The molecule has 0 aliphatic carbocycles. The number of fused-ring (bicyclic) bond motifs is 2. The summed E-state index contributed by atoms with van der Waals surface area (Å²) in [5.74, 6) is 3.23. The van der Waals surface area contributed by atoms with Gasteiger partial charge in [-0.2, -0.15) is 0 Å². The smallest absolute Gasteiger partial charge is 0.182 e. The Labute approximate surface area is 221 Å². The summed E-state index contributed by atoms with van der Waals surface area (Å²) < 4.78 is 6.30. The van der Waals surface area contributed by atoms with Gasteiger partial charge < -0.3 is 15.4 Å². The highest BCUT2D eigenvalue weighted by Crippen LogP contribution is 2.36. The molecule has 4 aromatic rings. The van der Waals surface area contributed by atoms with E-state index < -0.39 is 0 Å². The molecule has 0 spiro atoms. The fourth-order valence-electron chi connectivity index (χ4n) is 5.35.